The van der Waals surface area contributed by atoms with Gasteiger partial charge in [0, 0.05) is 30.8 Å². The second-order valence-electron chi connectivity index (χ2n) is 9.04. The molecule has 1 unspecified atom stereocenters. The first-order chi connectivity index (χ1) is 15.9. The van der Waals surface area contributed by atoms with Gasteiger partial charge in [-0.15, -0.1) is 0 Å². The Hall–Kier alpha value is -3.35. The van der Waals surface area contributed by atoms with Crippen molar-refractivity contribution in [2.24, 2.45) is 0 Å². The van der Waals surface area contributed by atoms with Gasteiger partial charge < -0.3 is 20.3 Å². The molecular formula is C27H28N2O4. The molecule has 0 spiro atoms. The van der Waals surface area contributed by atoms with E-state index in [0.717, 1.165) is 29.7 Å². The van der Waals surface area contributed by atoms with E-state index < -0.39 is 5.41 Å². The van der Waals surface area contributed by atoms with Crippen LogP contribution in [0.2, 0.25) is 0 Å². The third-order valence-corrected chi connectivity index (χ3v) is 6.81. The highest BCUT2D eigenvalue weighted by atomic mass is 16.5. The standard InChI is InChI=1S/C27H28N2O4/c1-27(21-6-2-4-8-24(21)33-25-9-5-3-7-22(25)27)26(32)28-23(17-29-15-14-20(31)16-29)18-10-12-19(30)13-11-18/h2-13,20,23,30-31H,14-17H2,1H3,(H,28,32)/t20?,23-/m1/s1. The van der Waals surface area contributed by atoms with Gasteiger partial charge in [-0.2, -0.15) is 0 Å². The van der Waals surface area contributed by atoms with Crippen molar-refractivity contribution in [3.05, 3.63) is 89.5 Å². The van der Waals surface area contributed by atoms with E-state index in [0.29, 0.717) is 24.6 Å². The maximum absolute atomic E-state index is 14.1. The van der Waals surface area contributed by atoms with Crippen LogP contribution in [-0.4, -0.2) is 46.8 Å². The average molecular weight is 445 g/mol. The number of aromatic hydroxyl groups is 1. The molecule has 3 N–H and O–H groups in total. The van der Waals surface area contributed by atoms with Gasteiger partial charge in [-0.05, 0) is 43.2 Å². The number of phenols is 1. The van der Waals surface area contributed by atoms with Crippen molar-refractivity contribution in [2.45, 2.75) is 30.9 Å². The molecule has 2 aliphatic heterocycles. The van der Waals surface area contributed by atoms with Gasteiger partial charge in [-0.25, -0.2) is 0 Å². The number of benzene rings is 3. The van der Waals surface area contributed by atoms with E-state index in [1.807, 2.05) is 67.6 Å². The fourth-order valence-corrected chi connectivity index (χ4v) is 4.93. The molecule has 0 aromatic heterocycles. The minimum Gasteiger partial charge on any atom is -0.508 e. The summed E-state index contributed by atoms with van der Waals surface area (Å²) in [6, 6.07) is 21.9. The topological polar surface area (TPSA) is 82.0 Å². The van der Waals surface area contributed by atoms with E-state index >= 15 is 0 Å². The average Bonchev–Trinajstić information content (AvgIpc) is 3.24. The van der Waals surface area contributed by atoms with Gasteiger partial charge in [0.15, 0.2) is 0 Å². The molecule has 2 heterocycles. The number of rotatable bonds is 5. The minimum atomic E-state index is -0.939. The molecule has 3 aromatic carbocycles. The number of hydrogen-bond donors (Lipinski definition) is 3. The summed E-state index contributed by atoms with van der Waals surface area (Å²) >= 11 is 0. The third-order valence-electron chi connectivity index (χ3n) is 6.81. The molecule has 6 heteroatoms. The van der Waals surface area contributed by atoms with E-state index in [9.17, 15) is 15.0 Å². The van der Waals surface area contributed by atoms with E-state index in [2.05, 4.69) is 10.2 Å². The van der Waals surface area contributed by atoms with E-state index in [1.54, 1.807) is 12.1 Å². The summed E-state index contributed by atoms with van der Waals surface area (Å²) in [6.45, 7) is 3.88. The number of amides is 1. The number of fused-ring (bicyclic) bond motifs is 2. The van der Waals surface area contributed by atoms with E-state index in [4.69, 9.17) is 4.74 Å². The normalized spacial score (nSPS) is 19.8. The molecule has 0 radical (unpaired) electrons. The first kappa shape index (κ1) is 21.5. The van der Waals surface area contributed by atoms with Crippen LogP contribution in [0.25, 0.3) is 0 Å². The number of hydrogen-bond acceptors (Lipinski definition) is 5. The summed E-state index contributed by atoms with van der Waals surface area (Å²) in [5, 5.41) is 23.0. The Morgan fingerprint density at radius 3 is 2.24 bits per heavy atom. The zero-order valence-electron chi connectivity index (χ0n) is 18.6. The van der Waals surface area contributed by atoms with Crippen LogP contribution < -0.4 is 10.1 Å². The molecule has 1 amide bonds. The first-order valence-corrected chi connectivity index (χ1v) is 11.3. The van der Waals surface area contributed by atoms with Gasteiger partial charge in [0.2, 0.25) is 5.91 Å². The Balaban J connectivity index is 1.51. The number of β-amino-alcohol motifs (C(OH)–C–C–N with tert-alkyl or cyclic N) is 1. The number of carbonyl (C=O) groups is 1. The van der Waals surface area contributed by atoms with Crippen LogP contribution >= 0.6 is 0 Å². The molecule has 0 bridgehead atoms. The Morgan fingerprint density at radius 1 is 1.06 bits per heavy atom. The molecule has 6 nitrogen and oxygen atoms in total. The van der Waals surface area contributed by atoms with Crippen LogP contribution in [0.5, 0.6) is 17.2 Å². The summed E-state index contributed by atoms with van der Waals surface area (Å²) in [6.07, 6.45) is 0.388. The summed E-state index contributed by atoms with van der Waals surface area (Å²) in [7, 11) is 0. The zero-order chi connectivity index (χ0) is 23.0. The Labute approximate surface area is 193 Å². The molecule has 3 aromatic rings. The number of carbonyl (C=O) groups excluding carboxylic acids is 1. The molecule has 2 aliphatic rings. The van der Waals surface area contributed by atoms with Gasteiger partial charge >= 0.3 is 0 Å². The predicted molar refractivity (Wildman–Crippen MR) is 125 cm³/mol. The summed E-state index contributed by atoms with van der Waals surface area (Å²) in [5.74, 6) is 1.42. The Morgan fingerprint density at radius 2 is 1.67 bits per heavy atom. The smallest absolute Gasteiger partial charge is 0.235 e. The number of ether oxygens (including phenoxy) is 1. The summed E-state index contributed by atoms with van der Waals surface area (Å²) in [4.78, 5) is 16.2. The lowest BCUT2D eigenvalue weighted by Gasteiger charge is -2.37. The lowest BCUT2D eigenvalue weighted by Crippen LogP contribution is -2.48. The Kier molecular flexibility index (Phi) is 5.56. The van der Waals surface area contributed by atoms with E-state index in [1.165, 1.54) is 0 Å². The van der Waals surface area contributed by atoms with Gasteiger partial charge in [0.05, 0.1) is 12.1 Å². The van der Waals surface area contributed by atoms with Crippen LogP contribution in [0.3, 0.4) is 0 Å². The van der Waals surface area contributed by atoms with Crippen LogP contribution in [0.4, 0.5) is 0 Å². The quantitative estimate of drug-likeness (QED) is 0.559. The van der Waals surface area contributed by atoms with Crippen molar-refractivity contribution >= 4 is 5.91 Å². The number of aliphatic hydroxyl groups excluding tert-OH is 1. The molecule has 0 aliphatic carbocycles. The van der Waals surface area contributed by atoms with Crippen LogP contribution in [0.1, 0.15) is 36.1 Å². The molecule has 5 rings (SSSR count). The van der Waals surface area contributed by atoms with Crippen LogP contribution in [0, 0.1) is 0 Å². The van der Waals surface area contributed by atoms with Crippen molar-refractivity contribution < 1.29 is 19.7 Å². The fraction of sp³-hybridized carbons (Fsp3) is 0.296. The number of aliphatic hydroxyl groups is 1. The molecule has 0 saturated carbocycles. The molecular weight excluding hydrogens is 416 g/mol. The van der Waals surface area contributed by atoms with Gasteiger partial charge in [0.1, 0.15) is 22.7 Å². The first-order valence-electron chi connectivity index (χ1n) is 11.3. The highest BCUT2D eigenvalue weighted by molar-refractivity contribution is 5.94. The minimum absolute atomic E-state index is 0.122. The van der Waals surface area contributed by atoms with Crippen molar-refractivity contribution in [3.63, 3.8) is 0 Å². The molecule has 2 atom stereocenters. The molecule has 33 heavy (non-hydrogen) atoms. The summed E-state index contributed by atoms with van der Waals surface area (Å²) < 4.78 is 6.10. The number of nitrogens with zero attached hydrogens (tertiary/aromatic N) is 1. The van der Waals surface area contributed by atoms with Gasteiger partial charge in [-0.3, -0.25) is 9.69 Å². The largest absolute Gasteiger partial charge is 0.508 e. The highest BCUT2D eigenvalue weighted by Gasteiger charge is 2.45. The molecule has 170 valence electrons. The summed E-state index contributed by atoms with van der Waals surface area (Å²) in [5.41, 5.74) is 1.61. The van der Waals surface area contributed by atoms with Gasteiger partial charge in [0.25, 0.3) is 0 Å². The maximum Gasteiger partial charge on any atom is 0.235 e. The van der Waals surface area contributed by atoms with Gasteiger partial charge in [-0.1, -0.05) is 48.5 Å². The van der Waals surface area contributed by atoms with Crippen molar-refractivity contribution in [2.75, 3.05) is 19.6 Å². The molecule has 1 fully saturated rings. The SMILES string of the molecule is CC1(C(=O)N[C@H](CN2CCC(O)C2)c2ccc(O)cc2)c2ccccc2Oc2ccccc21. The number of phenolic OH excluding ortho intramolecular Hbond substituents is 1. The zero-order valence-corrected chi connectivity index (χ0v) is 18.6. The monoisotopic (exact) mass is 444 g/mol. The van der Waals surface area contributed by atoms with Crippen molar-refractivity contribution in [1.29, 1.82) is 0 Å². The second kappa shape index (κ2) is 8.54. The van der Waals surface area contributed by atoms with Crippen LogP contribution in [-0.2, 0) is 10.2 Å². The predicted octanol–water partition coefficient (Wildman–Crippen LogP) is 3.73. The molecule has 1 saturated heterocycles. The number of likely N-dealkylation sites (tertiary alicyclic amines) is 1. The number of nitrogens with one attached hydrogen (secondary N) is 1. The lowest BCUT2D eigenvalue weighted by molar-refractivity contribution is -0.126. The Bertz CT molecular complexity index is 1120. The maximum atomic E-state index is 14.1. The second-order valence-corrected chi connectivity index (χ2v) is 9.04. The van der Waals surface area contributed by atoms with Crippen molar-refractivity contribution in [1.82, 2.24) is 10.2 Å². The lowest BCUT2D eigenvalue weighted by atomic mass is 9.73. The van der Waals surface area contributed by atoms with Crippen LogP contribution in [0.15, 0.2) is 72.8 Å². The third kappa shape index (κ3) is 3.96. The van der Waals surface area contributed by atoms with Crippen molar-refractivity contribution in [3.8, 4) is 17.2 Å². The number of para-hydroxylation sites is 2. The highest BCUT2D eigenvalue weighted by Crippen LogP contribution is 2.48. The fourth-order valence-electron chi connectivity index (χ4n) is 4.93. The van der Waals surface area contributed by atoms with E-state index in [-0.39, 0.29) is 23.8 Å².